The van der Waals surface area contributed by atoms with Gasteiger partial charge >= 0.3 is 6.03 Å². The van der Waals surface area contributed by atoms with Crippen molar-refractivity contribution in [2.45, 2.75) is 13.0 Å². The molecule has 2 heterocycles. The van der Waals surface area contributed by atoms with E-state index in [4.69, 9.17) is 17.3 Å². The first-order valence-corrected chi connectivity index (χ1v) is 8.10. The molecule has 0 radical (unpaired) electrons. The van der Waals surface area contributed by atoms with Crippen LogP contribution in [0.4, 0.5) is 9.93 Å². The third-order valence-corrected chi connectivity index (χ3v) is 4.42. The molecule has 22 heavy (non-hydrogen) atoms. The molecule has 3 N–H and O–H groups in total. The molecule has 1 aromatic carbocycles. The number of halogens is 1. The molecule has 2 aromatic rings. The van der Waals surface area contributed by atoms with E-state index in [2.05, 4.69) is 10.3 Å². The maximum Gasteiger partial charge on any atom is 0.322 e. The lowest BCUT2D eigenvalue weighted by atomic mass is 9.96. The summed E-state index contributed by atoms with van der Waals surface area (Å²) in [5, 5.41) is 6.07. The second kappa shape index (κ2) is 5.98. The molecular weight excluding hydrogens is 320 g/mol. The number of carbonyl (C=O) groups excluding carboxylic acids is 1. The van der Waals surface area contributed by atoms with Crippen LogP contribution in [-0.2, 0) is 0 Å². The van der Waals surface area contributed by atoms with Gasteiger partial charge in [-0.1, -0.05) is 23.7 Å². The van der Waals surface area contributed by atoms with E-state index in [1.54, 1.807) is 4.90 Å². The van der Waals surface area contributed by atoms with Crippen LogP contribution in [0, 0.1) is 0 Å². The number of benzene rings is 1. The molecule has 1 atom stereocenters. The number of thiazole rings is 1. The van der Waals surface area contributed by atoms with Crippen molar-refractivity contribution in [2.75, 3.05) is 12.3 Å². The highest BCUT2D eigenvalue weighted by atomic mass is 35.5. The van der Waals surface area contributed by atoms with Crippen LogP contribution < -0.4 is 11.1 Å². The van der Waals surface area contributed by atoms with Crippen molar-refractivity contribution < 1.29 is 4.79 Å². The highest BCUT2D eigenvalue weighted by Crippen LogP contribution is 2.34. The number of nitrogen functional groups attached to an aromatic ring is 1. The minimum Gasteiger partial charge on any atom is -0.375 e. The lowest BCUT2D eigenvalue weighted by Crippen LogP contribution is -2.43. The molecular formula is C15H15ClN4OS. The predicted molar refractivity (Wildman–Crippen MR) is 89.6 cm³/mol. The molecule has 114 valence electrons. The second-order valence-electron chi connectivity index (χ2n) is 4.88. The van der Waals surface area contributed by atoms with Crippen LogP contribution in [0.3, 0.4) is 0 Å². The summed E-state index contributed by atoms with van der Waals surface area (Å²) in [5.41, 5.74) is 8.39. The summed E-state index contributed by atoms with van der Waals surface area (Å²) < 4.78 is 0. The maximum absolute atomic E-state index is 12.2. The molecule has 7 heteroatoms. The highest BCUT2D eigenvalue weighted by Gasteiger charge is 2.29. The van der Waals surface area contributed by atoms with Crippen molar-refractivity contribution in [3.8, 4) is 0 Å². The van der Waals surface area contributed by atoms with Gasteiger partial charge in [-0.3, -0.25) is 0 Å². The van der Waals surface area contributed by atoms with E-state index in [1.165, 1.54) is 11.3 Å². The number of carbonyl (C=O) groups is 1. The van der Waals surface area contributed by atoms with Crippen molar-refractivity contribution in [3.05, 3.63) is 52.1 Å². The van der Waals surface area contributed by atoms with Crippen LogP contribution in [0.25, 0.3) is 5.57 Å². The molecule has 1 aliphatic heterocycles. The number of amides is 2. The van der Waals surface area contributed by atoms with E-state index in [-0.39, 0.29) is 12.1 Å². The first-order chi connectivity index (χ1) is 10.6. The van der Waals surface area contributed by atoms with Crippen LogP contribution >= 0.6 is 22.9 Å². The fourth-order valence-corrected chi connectivity index (χ4v) is 3.07. The number of nitrogens with two attached hydrogens (primary N) is 1. The summed E-state index contributed by atoms with van der Waals surface area (Å²) in [5.74, 6) is 0. The lowest BCUT2D eigenvalue weighted by molar-refractivity contribution is 0.212. The van der Waals surface area contributed by atoms with E-state index < -0.39 is 0 Å². The zero-order chi connectivity index (χ0) is 15.7. The zero-order valence-electron chi connectivity index (χ0n) is 11.9. The number of rotatable bonds is 3. The molecule has 0 saturated heterocycles. The predicted octanol–water partition coefficient (Wildman–Crippen LogP) is 3.51. The minimum atomic E-state index is -0.269. The summed E-state index contributed by atoms with van der Waals surface area (Å²) in [6.07, 6.45) is 1.84. The normalized spacial score (nSPS) is 18.1. The molecule has 0 aliphatic carbocycles. The van der Waals surface area contributed by atoms with Crippen LogP contribution in [0.2, 0.25) is 5.02 Å². The molecule has 0 fully saturated rings. The molecule has 3 rings (SSSR count). The molecule has 1 aliphatic rings. The van der Waals surface area contributed by atoms with Crippen molar-refractivity contribution in [1.82, 2.24) is 15.2 Å². The van der Waals surface area contributed by atoms with Gasteiger partial charge in [0.15, 0.2) is 5.13 Å². The average molecular weight is 335 g/mol. The van der Waals surface area contributed by atoms with E-state index in [1.807, 2.05) is 42.8 Å². The Hall–Kier alpha value is -2.05. The Morgan fingerprint density at radius 1 is 1.41 bits per heavy atom. The SMILES string of the molecule is CCN1C=C(c2csc(N)n2)[C@@H](c2ccc(Cl)cc2)NC1=O. The van der Waals surface area contributed by atoms with Gasteiger partial charge in [-0.25, -0.2) is 9.78 Å². The minimum absolute atomic E-state index is 0.130. The Balaban J connectivity index is 2.06. The standard InChI is InChI=1S/C15H15ClN4OS/c1-2-20-7-11(12-8-22-14(17)18-12)13(19-15(20)21)9-3-5-10(16)6-4-9/h3-8,13H,2H2,1H3,(H2,17,18)(H,19,21)/t13-/m1/s1. The van der Waals surface area contributed by atoms with E-state index in [9.17, 15) is 4.79 Å². The van der Waals surface area contributed by atoms with Crippen LogP contribution in [0.1, 0.15) is 24.2 Å². The number of nitrogens with zero attached hydrogens (tertiary/aromatic N) is 2. The summed E-state index contributed by atoms with van der Waals surface area (Å²) in [7, 11) is 0. The summed E-state index contributed by atoms with van der Waals surface area (Å²) >= 11 is 7.33. The van der Waals surface area contributed by atoms with Crippen molar-refractivity contribution in [3.63, 3.8) is 0 Å². The fourth-order valence-electron chi connectivity index (χ4n) is 2.37. The van der Waals surface area contributed by atoms with Gasteiger partial charge in [0.05, 0.1) is 11.7 Å². The number of aromatic nitrogens is 1. The smallest absolute Gasteiger partial charge is 0.322 e. The summed E-state index contributed by atoms with van der Waals surface area (Å²) in [6, 6.07) is 7.02. The molecule has 0 unspecified atom stereocenters. The lowest BCUT2D eigenvalue weighted by Gasteiger charge is -2.31. The van der Waals surface area contributed by atoms with Crippen LogP contribution in [0.15, 0.2) is 35.8 Å². The van der Waals surface area contributed by atoms with Crippen molar-refractivity contribution in [1.29, 1.82) is 0 Å². The van der Waals surface area contributed by atoms with Gasteiger partial charge < -0.3 is 16.0 Å². The molecule has 5 nitrogen and oxygen atoms in total. The average Bonchev–Trinajstić information content (AvgIpc) is 2.94. The Kier molecular flexibility index (Phi) is 4.04. The van der Waals surface area contributed by atoms with Gasteiger partial charge in [-0.2, -0.15) is 0 Å². The number of hydrogen-bond acceptors (Lipinski definition) is 4. The molecule has 0 spiro atoms. The third-order valence-electron chi connectivity index (χ3n) is 3.50. The Labute approximate surface area is 137 Å². The van der Waals surface area contributed by atoms with Gasteiger partial charge in [-0.15, -0.1) is 11.3 Å². The number of nitrogens with one attached hydrogen (secondary N) is 1. The first kappa shape index (κ1) is 14.9. The van der Waals surface area contributed by atoms with Crippen LogP contribution in [-0.4, -0.2) is 22.5 Å². The monoisotopic (exact) mass is 334 g/mol. The van der Waals surface area contributed by atoms with Gasteiger partial charge in [0, 0.05) is 28.7 Å². The van der Waals surface area contributed by atoms with Gasteiger partial charge in [0.25, 0.3) is 0 Å². The summed E-state index contributed by atoms with van der Waals surface area (Å²) in [4.78, 5) is 18.1. The van der Waals surface area contributed by atoms with E-state index in [0.29, 0.717) is 16.7 Å². The summed E-state index contributed by atoms with van der Waals surface area (Å²) in [6.45, 7) is 2.51. The van der Waals surface area contributed by atoms with Crippen molar-refractivity contribution >= 4 is 39.7 Å². The largest absolute Gasteiger partial charge is 0.375 e. The molecule has 1 aromatic heterocycles. The fraction of sp³-hybridized carbons (Fsp3) is 0.200. The Bertz CT molecular complexity index is 725. The number of urea groups is 1. The second-order valence-corrected chi connectivity index (χ2v) is 6.20. The third kappa shape index (κ3) is 2.80. The number of hydrogen-bond donors (Lipinski definition) is 2. The topological polar surface area (TPSA) is 71.2 Å². The first-order valence-electron chi connectivity index (χ1n) is 6.84. The van der Waals surface area contributed by atoms with Crippen molar-refractivity contribution in [2.24, 2.45) is 0 Å². The Morgan fingerprint density at radius 2 is 2.14 bits per heavy atom. The van der Waals surface area contributed by atoms with E-state index in [0.717, 1.165) is 16.8 Å². The molecule has 2 amide bonds. The maximum atomic E-state index is 12.2. The van der Waals surface area contributed by atoms with Crippen LogP contribution in [0.5, 0.6) is 0 Å². The molecule has 0 saturated carbocycles. The Morgan fingerprint density at radius 3 is 2.73 bits per heavy atom. The van der Waals surface area contributed by atoms with Gasteiger partial charge in [0.2, 0.25) is 0 Å². The molecule has 0 bridgehead atoms. The highest BCUT2D eigenvalue weighted by molar-refractivity contribution is 7.13. The zero-order valence-corrected chi connectivity index (χ0v) is 13.5. The quantitative estimate of drug-likeness (QED) is 0.902. The van der Waals surface area contributed by atoms with Gasteiger partial charge in [0.1, 0.15) is 0 Å². The van der Waals surface area contributed by atoms with E-state index >= 15 is 0 Å². The van der Waals surface area contributed by atoms with Gasteiger partial charge in [-0.05, 0) is 24.6 Å². The number of anilines is 1.